The molecule has 6 nitrogen and oxygen atoms in total. The van der Waals surface area contributed by atoms with Gasteiger partial charge >= 0.3 is 0 Å². The number of hydrogen-bond donors (Lipinski definition) is 1. The predicted octanol–water partition coefficient (Wildman–Crippen LogP) is 0.744. The molecule has 1 fully saturated rings. The Morgan fingerprint density at radius 2 is 2.09 bits per heavy atom. The first kappa shape index (κ1) is 16.5. The number of sulfone groups is 1. The number of methoxy groups -OCH3 is 1. The Kier molecular flexibility index (Phi) is 4.85. The third kappa shape index (κ3) is 4.07. The van der Waals surface area contributed by atoms with E-state index in [9.17, 15) is 18.0 Å². The molecule has 0 radical (unpaired) electrons. The zero-order valence-electron chi connectivity index (χ0n) is 12.6. The lowest BCUT2D eigenvalue weighted by Crippen LogP contribution is -2.36. The van der Waals surface area contributed by atoms with Gasteiger partial charge in [-0.2, -0.15) is 0 Å². The quantitative estimate of drug-likeness (QED) is 0.807. The molecule has 1 aliphatic rings. The lowest BCUT2D eigenvalue weighted by molar-refractivity contribution is -0.121. The molecular weight excluding hydrogens is 306 g/mol. The number of carbonyl (C=O) groups is 2. The summed E-state index contributed by atoms with van der Waals surface area (Å²) >= 11 is 0. The summed E-state index contributed by atoms with van der Waals surface area (Å²) < 4.78 is 28.0. The first-order valence-electron chi connectivity index (χ1n) is 6.98. The van der Waals surface area contributed by atoms with Gasteiger partial charge in [-0.25, -0.2) is 8.42 Å². The van der Waals surface area contributed by atoms with E-state index in [2.05, 4.69) is 5.32 Å². The van der Waals surface area contributed by atoms with E-state index in [1.807, 2.05) is 0 Å². The normalized spacial score (nSPS) is 19.6. The number of ether oxygens (including phenoxy) is 1. The summed E-state index contributed by atoms with van der Waals surface area (Å²) in [5.41, 5.74) is 1.11. The molecule has 1 saturated heterocycles. The monoisotopic (exact) mass is 325 g/mol. The van der Waals surface area contributed by atoms with Crippen LogP contribution in [-0.2, 0) is 21.1 Å². The zero-order chi connectivity index (χ0) is 16.3. The SMILES string of the molecule is COc1ccc(C(C)=O)cc1CC(=O)N[C@@H]1CCS(=O)(=O)C1. The van der Waals surface area contributed by atoms with Gasteiger partial charge in [0.2, 0.25) is 5.91 Å². The fourth-order valence-electron chi connectivity index (χ4n) is 2.50. The van der Waals surface area contributed by atoms with E-state index in [0.717, 1.165) is 0 Å². The van der Waals surface area contributed by atoms with Gasteiger partial charge < -0.3 is 10.1 Å². The molecule has 7 heteroatoms. The van der Waals surface area contributed by atoms with Crippen molar-refractivity contribution in [2.45, 2.75) is 25.8 Å². The number of ketones is 1. The van der Waals surface area contributed by atoms with Gasteiger partial charge in [0.05, 0.1) is 25.0 Å². The van der Waals surface area contributed by atoms with Crippen LogP contribution in [-0.4, -0.2) is 44.8 Å². The molecule has 1 amide bonds. The maximum absolute atomic E-state index is 12.1. The largest absolute Gasteiger partial charge is 0.496 e. The second kappa shape index (κ2) is 6.48. The number of benzene rings is 1. The summed E-state index contributed by atoms with van der Waals surface area (Å²) in [7, 11) is -1.54. The Morgan fingerprint density at radius 3 is 2.64 bits per heavy atom. The van der Waals surface area contributed by atoms with Crippen molar-refractivity contribution in [2.75, 3.05) is 18.6 Å². The van der Waals surface area contributed by atoms with E-state index < -0.39 is 9.84 Å². The molecule has 1 heterocycles. The highest BCUT2D eigenvalue weighted by molar-refractivity contribution is 7.91. The second-order valence-corrected chi connectivity index (χ2v) is 7.66. The van der Waals surface area contributed by atoms with Gasteiger partial charge in [-0.05, 0) is 31.5 Å². The van der Waals surface area contributed by atoms with Gasteiger partial charge in [-0.3, -0.25) is 9.59 Å². The highest BCUT2D eigenvalue weighted by Crippen LogP contribution is 2.21. The van der Waals surface area contributed by atoms with Crippen molar-refractivity contribution in [1.82, 2.24) is 5.32 Å². The third-order valence-corrected chi connectivity index (χ3v) is 5.40. The number of hydrogen-bond acceptors (Lipinski definition) is 5. The highest BCUT2D eigenvalue weighted by atomic mass is 32.2. The minimum Gasteiger partial charge on any atom is -0.496 e. The standard InChI is InChI=1S/C15H19NO5S/c1-10(17)11-3-4-14(21-2)12(7-11)8-15(18)16-13-5-6-22(19,20)9-13/h3-4,7,13H,5-6,8-9H2,1-2H3,(H,16,18)/t13-/m1/s1. The summed E-state index contributed by atoms with van der Waals surface area (Å²) in [6.45, 7) is 1.45. The van der Waals surface area contributed by atoms with Crippen molar-refractivity contribution in [2.24, 2.45) is 0 Å². The average molecular weight is 325 g/mol. The third-order valence-electron chi connectivity index (χ3n) is 3.64. The Balaban J connectivity index is 2.07. The summed E-state index contributed by atoms with van der Waals surface area (Å²) in [6, 6.07) is 4.59. The maximum Gasteiger partial charge on any atom is 0.224 e. The van der Waals surface area contributed by atoms with Gasteiger partial charge in [0.1, 0.15) is 5.75 Å². The van der Waals surface area contributed by atoms with Crippen LogP contribution in [0.15, 0.2) is 18.2 Å². The minimum absolute atomic E-state index is 0.0106. The molecule has 0 spiro atoms. The molecule has 0 bridgehead atoms. The molecule has 1 N–H and O–H groups in total. The van der Waals surface area contributed by atoms with Gasteiger partial charge in [0, 0.05) is 17.2 Å². The van der Waals surface area contributed by atoms with Crippen LogP contribution in [0, 0.1) is 0 Å². The van der Waals surface area contributed by atoms with Crippen molar-refractivity contribution < 1.29 is 22.7 Å². The molecular formula is C15H19NO5S. The van der Waals surface area contributed by atoms with E-state index in [1.54, 1.807) is 18.2 Å². The summed E-state index contributed by atoms with van der Waals surface area (Å²) in [4.78, 5) is 23.5. The predicted molar refractivity (Wildman–Crippen MR) is 81.9 cm³/mol. The first-order valence-corrected chi connectivity index (χ1v) is 8.80. The number of Topliss-reactive ketones (excluding diaryl/α,β-unsaturated/α-hetero) is 1. The van der Waals surface area contributed by atoms with E-state index in [0.29, 0.717) is 23.3 Å². The van der Waals surface area contributed by atoms with Crippen LogP contribution in [0.5, 0.6) is 5.75 Å². The summed E-state index contributed by atoms with van der Waals surface area (Å²) in [5, 5.41) is 2.72. The molecule has 2 rings (SSSR count). The minimum atomic E-state index is -3.03. The van der Waals surface area contributed by atoms with Crippen molar-refractivity contribution in [1.29, 1.82) is 0 Å². The molecule has 0 saturated carbocycles. The van der Waals surface area contributed by atoms with Crippen LogP contribution in [0.3, 0.4) is 0 Å². The van der Waals surface area contributed by atoms with Gasteiger partial charge in [0.15, 0.2) is 15.6 Å². The second-order valence-electron chi connectivity index (χ2n) is 5.43. The van der Waals surface area contributed by atoms with E-state index in [4.69, 9.17) is 4.74 Å². The smallest absolute Gasteiger partial charge is 0.224 e. The lowest BCUT2D eigenvalue weighted by Gasteiger charge is -2.13. The van der Waals surface area contributed by atoms with Crippen molar-refractivity contribution in [3.63, 3.8) is 0 Å². The Morgan fingerprint density at radius 1 is 1.36 bits per heavy atom. The Labute approximate surface area is 129 Å². The fraction of sp³-hybridized carbons (Fsp3) is 0.467. The lowest BCUT2D eigenvalue weighted by atomic mass is 10.0. The van der Waals surface area contributed by atoms with Gasteiger partial charge in [-0.15, -0.1) is 0 Å². The number of carbonyl (C=O) groups excluding carboxylic acids is 2. The van der Waals surface area contributed by atoms with Crippen molar-refractivity contribution >= 4 is 21.5 Å². The molecule has 22 heavy (non-hydrogen) atoms. The Hall–Kier alpha value is -1.89. The molecule has 1 aliphatic heterocycles. The van der Waals surface area contributed by atoms with Crippen molar-refractivity contribution in [3.8, 4) is 5.75 Å². The van der Waals surface area contributed by atoms with Crippen LogP contribution in [0.2, 0.25) is 0 Å². The van der Waals surface area contributed by atoms with Crippen molar-refractivity contribution in [3.05, 3.63) is 29.3 Å². The molecule has 1 aromatic rings. The average Bonchev–Trinajstić information content (AvgIpc) is 2.77. The molecule has 1 aromatic carbocycles. The fourth-order valence-corrected chi connectivity index (χ4v) is 4.17. The Bertz CT molecular complexity index is 696. The van der Waals surface area contributed by atoms with Crippen LogP contribution < -0.4 is 10.1 Å². The van der Waals surface area contributed by atoms with Gasteiger partial charge in [0.25, 0.3) is 0 Å². The topological polar surface area (TPSA) is 89.5 Å². The number of nitrogens with one attached hydrogen (secondary N) is 1. The first-order chi connectivity index (χ1) is 10.3. The van der Waals surface area contributed by atoms with Crippen LogP contribution in [0.4, 0.5) is 0 Å². The van der Waals surface area contributed by atoms with Crippen LogP contribution >= 0.6 is 0 Å². The molecule has 0 aliphatic carbocycles. The van der Waals surface area contributed by atoms with E-state index >= 15 is 0 Å². The maximum atomic E-state index is 12.1. The zero-order valence-corrected chi connectivity index (χ0v) is 13.4. The summed E-state index contributed by atoms with van der Waals surface area (Å²) in [6.07, 6.45) is 0.486. The molecule has 0 aromatic heterocycles. The van der Waals surface area contributed by atoms with Crippen LogP contribution in [0.1, 0.15) is 29.3 Å². The number of amides is 1. The summed E-state index contributed by atoms with van der Waals surface area (Å²) in [5.74, 6) is 0.260. The number of rotatable bonds is 5. The highest BCUT2D eigenvalue weighted by Gasteiger charge is 2.29. The van der Waals surface area contributed by atoms with Gasteiger partial charge in [-0.1, -0.05) is 0 Å². The van der Waals surface area contributed by atoms with Crippen LogP contribution in [0.25, 0.3) is 0 Å². The van der Waals surface area contributed by atoms with E-state index in [1.165, 1.54) is 14.0 Å². The molecule has 1 atom stereocenters. The van der Waals surface area contributed by atoms with E-state index in [-0.39, 0.29) is 35.7 Å². The molecule has 0 unspecified atom stereocenters. The molecule has 120 valence electrons.